The molecule has 2 heterocycles. The number of rotatable bonds is 5. The molecule has 0 amide bonds. The van der Waals surface area contributed by atoms with Crippen LogP contribution in [0.4, 0.5) is 4.39 Å². The lowest BCUT2D eigenvalue weighted by molar-refractivity contribution is 0.0937. The first kappa shape index (κ1) is 21.2. The van der Waals surface area contributed by atoms with Crippen LogP contribution >= 0.6 is 23.2 Å². The van der Waals surface area contributed by atoms with Gasteiger partial charge in [-0.05, 0) is 66.1 Å². The Morgan fingerprint density at radius 3 is 2.47 bits per heavy atom. The van der Waals surface area contributed by atoms with Crippen LogP contribution < -0.4 is 10.3 Å². The lowest BCUT2D eigenvalue weighted by atomic mass is 10.0. The molecule has 2 aromatic carbocycles. The van der Waals surface area contributed by atoms with Crippen molar-refractivity contribution in [3.8, 4) is 5.75 Å². The Balaban J connectivity index is 1.44. The zero-order valence-electron chi connectivity index (χ0n) is 16.7. The van der Waals surface area contributed by atoms with E-state index in [9.17, 15) is 9.18 Å². The fourth-order valence-corrected chi connectivity index (χ4v) is 4.59. The van der Waals surface area contributed by atoms with Crippen LogP contribution in [-0.4, -0.2) is 29.1 Å². The summed E-state index contributed by atoms with van der Waals surface area (Å²) in [6.45, 7) is 4.44. The van der Waals surface area contributed by atoms with E-state index < -0.39 is 5.82 Å². The number of hydrogen-bond donors (Lipinski definition) is 1. The average Bonchev–Trinajstić information content (AvgIpc) is 2.70. The Bertz CT molecular complexity index is 1100. The molecule has 1 fully saturated rings. The Morgan fingerprint density at radius 2 is 1.80 bits per heavy atom. The first-order valence-corrected chi connectivity index (χ1v) is 10.9. The van der Waals surface area contributed by atoms with E-state index in [1.165, 1.54) is 6.07 Å². The molecule has 0 radical (unpaired) electrons. The normalized spacial score (nSPS) is 15.6. The first-order valence-electron chi connectivity index (χ1n) is 10.1. The lowest BCUT2D eigenvalue weighted by Crippen LogP contribution is -2.37. The van der Waals surface area contributed by atoms with Gasteiger partial charge in [-0.1, -0.05) is 30.1 Å². The number of pyridine rings is 1. The number of ether oxygens (including phenoxy) is 1. The van der Waals surface area contributed by atoms with Crippen molar-refractivity contribution in [2.24, 2.45) is 0 Å². The second-order valence-corrected chi connectivity index (χ2v) is 8.57. The highest BCUT2D eigenvalue weighted by atomic mass is 35.5. The van der Waals surface area contributed by atoms with Crippen molar-refractivity contribution >= 4 is 34.0 Å². The highest BCUT2D eigenvalue weighted by molar-refractivity contribution is 6.34. The van der Waals surface area contributed by atoms with Gasteiger partial charge in [-0.3, -0.25) is 9.69 Å². The summed E-state index contributed by atoms with van der Waals surface area (Å²) >= 11 is 12.2. The molecule has 1 aliphatic rings. The number of aromatic nitrogens is 1. The maximum absolute atomic E-state index is 14.6. The second-order valence-electron chi connectivity index (χ2n) is 7.70. The number of fused-ring (bicyclic) bond motifs is 1. The number of aryl methyl sites for hydroxylation is 1. The number of aromatic amines is 1. The maximum atomic E-state index is 14.6. The van der Waals surface area contributed by atoms with Crippen LogP contribution in [0.15, 0.2) is 41.3 Å². The molecule has 0 saturated carbocycles. The van der Waals surface area contributed by atoms with Crippen molar-refractivity contribution in [1.29, 1.82) is 0 Å². The van der Waals surface area contributed by atoms with Crippen LogP contribution in [-0.2, 0) is 13.0 Å². The summed E-state index contributed by atoms with van der Waals surface area (Å²) in [7, 11) is 0. The fourth-order valence-electron chi connectivity index (χ4n) is 4.02. The van der Waals surface area contributed by atoms with Gasteiger partial charge in [0.2, 0.25) is 0 Å². The molecule has 0 spiro atoms. The number of likely N-dealkylation sites (tertiary alicyclic amines) is 1. The van der Waals surface area contributed by atoms with E-state index in [4.69, 9.17) is 27.9 Å². The lowest BCUT2D eigenvalue weighted by Gasteiger charge is -2.32. The van der Waals surface area contributed by atoms with Crippen molar-refractivity contribution in [2.45, 2.75) is 38.8 Å². The molecular weight excluding hydrogens is 426 g/mol. The Morgan fingerprint density at radius 1 is 1.10 bits per heavy atom. The molecule has 0 bridgehead atoms. The Kier molecular flexibility index (Phi) is 6.32. The van der Waals surface area contributed by atoms with E-state index >= 15 is 0 Å². The highest BCUT2D eigenvalue weighted by Gasteiger charge is 2.22. The summed E-state index contributed by atoms with van der Waals surface area (Å²) in [6, 6.07) is 8.52. The number of nitrogens with zero attached hydrogens (tertiary/aromatic N) is 1. The molecule has 7 heteroatoms. The number of hydrogen-bond acceptors (Lipinski definition) is 3. The van der Waals surface area contributed by atoms with Gasteiger partial charge in [-0.25, -0.2) is 4.39 Å². The molecule has 4 rings (SSSR count). The van der Waals surface area contributed by atoms with E-state index in [-0.39, 0.29) is 17.4 Å². The van der Waals surface area contributed by atoms with Crippen LogP contribution in [0.1, 0.15) is 30.9 Å². The standard InChI is InChI=1S/C23H23Cl2FN2O2/c1-2-15-12-27-23(29)20-10-21(26)22(11-19(15)20)30-18-3-5-28(6-4-18)13-14-7-16(24)9-17(25)8-14/h7-12,18H,2-6,13H2,1H3,(H,27,29). The third-order valence-corrected chi connectivity index (χ3v) is 6.01. The van der Waals surface area contributed by atoms with Gasteiger partial charge in [0.1, 0.15) is 6.10 Å². The molecule has 30 heavy (non-hydrogen) atoms. The van der Waals surface area contributed by atoms with Gasteiger partial charge in [0.05, 0.1) is 5.39 Å². The van der Waals surface area contributed by atoms with Crippen molar-refractivity contribution in [3.63, 3.8) is 0 Å². The average molecular weight is 449 g/mol. The predicted molar refractivity (Wildman–Crippen MR) is 119 cm³/mol. The minimum Gasteiger partial charge on any atom is -0.487 e. The number of halogens is 3. The topological polar surface area (TPSA) is 45.3 Å². The van der Waals surface area contributed by atoms with Crippen molar-refractivity contribution < 1.29 is 9.13 Å². The molecule has 1 aliphatic heterocycles. The largest absolute Gasteiger partial charge is 0.487 e. The zero-order valence-corrected chi connectivity index (χ0v) is 18.2. The molecule has 1 saturated heterocycles. The summed E-state index contributed by atoms with van der Waals surface area (Å²) in [5.41, 5.74) is 1.75. The molecule has 3 aromatic rings. The van der Waals surface area contributed by atoms with Crippen LogP contribution in [0.5, 0.6) is 5.75 Å². The van der Waals surface area contributed by atoms with Crippen molar-refractivity contribution in [1.82, 2.24) is 9.88 Å². The highest BCUT2D eigenvalue weighted by Crippen LogP contribution is 2.28. The Hall–Kier alpha value is -2.08. The zero-order chi connectivity index (χ0) is 21.3. The van der Waals surface area contributed by atoms with Gasteiger partial charge in [0, 0.05) is 35.9 Å². The number of nitrogens with one attached hydrogen (secondary N) is 1. The van der Waals surface area contributed by atoms with Crippen LogP contribution in [0.25, 0.3) is 10.8 Å². The molecule has 0 atom stereocenters. The van der Waals surface area contributed by atoms with E-state index in [0.717, 1.165) is 55.4 Å². The van der Waals surface area contributed by atoms with Gasteiger partial charge >= 0.3 is 0 Å². The second kappa shape index (κ2) is 8.96. The van der Waals surface area contributed by atoms with Crippen molar-refractivity contribution in [2.75, 3.05) is 13.1 Å². The summed E-state index contributed by atoms with van der Waals surface area (Å²) in [4.78, 5) is 17.0. The monoisotopic (exact) mass is 448 g/mol. The van der Waals surface area contributed by atoms with Gasteiger partial charge in [-0.2, -0.15) is 0 Å². The quantitative estimate of drug-likeness (QED) is 0.553. The van der Waals surface area contributed by atoms with Gasteiger partial charge < -0.3 is 9.72 Å². The third-order valence-electron chi connectivity index (χ3n) is 5.58. The maximum Gasteiger partial charge on any atom is 0.255 e. The summed E-state index contributed by atoms with van der Waals surface area (Å²) < 4.78 is 20.6. The van der Waals surface area contributed by atoms with E-state index in [1.807, 2.05) is 19.1 Å². The number of piperidine rings is 1. The number of benzene rings is 2. The van der Waals surface area contributed by atoms with Crippen LogP contribution in [0, 0.1) is 5.82 Å². The summed E-state index contributed by atoms with van der Waals surface area (Å²) in [5.74, 6) is -0.292. The first-order chi connectivity index (χ1) is 14.4. The van der Waals surface area contributed by atoms with Gasteiger partial charge in [0.25, 0.3) is 5.56 Å². The van der Waals surface area contributed by atoms with E-state index in [0.29, 0.717) is 15.4 Å². The third kappa shape index (κ3) is 4.64. The molecule has 0 unspecified atom stereocenters. The SMILES string of the molecule is CCc1c[nH]c(=O)c2cc(F)c(OC3CCN(Cc4cc(Cl)cc(Cl)c4)CC3)cc12. The van der Waals surface area contributed by atoms with Gasteiger partial charge in [0.15, 0.2) is 11.6 Å². The minimum absolute atomic E-state index is 0.0665. The fraction of sp³-hybridized carbons (Fsp3) is 0.348. The van der Waals surface area contributed by atoms with Gasteiger partial charge in [-0.15, -0.1) is 0 Å². The molecule has 4 nitrogen and oxygen atoms in total. The molecule has 158 valence electrons. The minimum atomic E-state index is -0.503. The summed E-state index contributed by atoms with van der Waals surface area (Å²) in [6.07, 6.45) is 3.95. The molecule has 1 aromatic heterocycles. The van der Waals surface area contributed by atoms with Crippen LogP contribution in [0.2, 0.25) is 10.0 Å². The molecule has 1 N–H and O–H groups in total. The van der Waals surface area contributed by atoms with Crippen molar-refractivity contribution in [3.05, 3.63) is 73.9 Å². The molecular formula is C23H23Cl2FN2O2. The van der Waals surface area contributed by atoms with E-state index in [2.05, 4.69) is 9.88 Å². The summed E-state index contributed by atoms with van der Waals surface area (Å²) in [5, 5.41) is 2.36. The van der Waals surface area contributed by atoms with Crippen LogP contribution in [0.3, 0.4) is 0 Å². The van der Waals surface area contributed by atoms with E-state index in [1.54, 1.807) is 18.3 Å². The predicted octanol–water partition coefficient (Wildman–Crippen LogP) is 5.58. The smallest absolute Gasteiger partial charge is 0.255 e. The number of H-pyrrole nitrogens is 1. The molecule has 0 aliphatic carbocycles. The Labute approximate surface area is 184 Å².